The van der Waals surface area contributed by atoms with Gasteiger partial charge in [-0.1, -0.05) is 0 Å². The number of aromatic carboxylic acids is 1. The average molecular weight is 310 g/mol. The van der Waals surface area contributed by atoms with E-state index in [0.717, 1.165) is 10.0 Å². The van der Waals surface area contributed by atoms with Crippen LogP contribution in [0.1, 0.15) is 27.3 Å². The predicted molar refractivity (Wildman–Crippen MR) is 69.7 cm³/mol. The molecule has 0 atom stereocenters. The number of hydrogen-bond donors (Lipinski definition) is 1. The maximum absolute atomic E-state index is 11.1. The molecular formula is C12H12BrN3O2. The summed E-state index contributed by atoms with van der Waals surface area (Å²) in [5.74, 6) is -0.941. The van der Waals surface area contributed by atoms with Crippen LogP contribution in [-0.4, -0.2) is 25.8 Å². The Morgan fingerprint density at radius 3 is 2.72 bits per heavy atom. The number of halogens is 1. The van der Waals surface area contributed by atoms with Crippen molar-refractivity contribution in [3.05, 3.63) is 45.4 Å². The first kappa shape index (κ1) is 12.8. The fraction of sp³-hybridized carbons (Fsp3) is 0.250. The van der Waals surface area contributed by atoms with Crippen molar-refractivity contribution in [1.82, 2.24) is 14.8 Å². The fourth-order valence-electron chi connectivity index (χ4n) is 1.88. The minimum atomic E-state index is -0.941. The Hall–Kier alpha value is -1.69. The molecule has 0 unspecified atom stereocenters. The molecule has 0 saturated heterocycles. The zero-order chi connectivity index (χ0) is 13.3. The second-order valence-electron chi connectivity index (χ2n) is 4.02. The second kappa shape index (κ2) is 4.89. The molecule has 0 aromatic carbocycles. The minimum Gasteiger partial charge on any atom is -0.478 e. The van der Waals surface area contributed by atoms with E-state index in [0.29, 0.717) is 17.9 Å². The van der Waals surface area contributed by atoms with E-state index in [4.69, 9.17) is 5.11 Å². The molecule has 1 N–H and O–H groups in total. The van der Waals surface area contributed by atoms with Crippen molar-refractivity contribution >= 4 is 21.9 Å². The lowest BCUT2D eigenvalue weighted by Crippen LogP contribution is -2.06. The lowest BCUT2D eigenvalue weighted by molar-refractivity contribution is 0.0695. The number of pyridine rings is 1. The SMILES string of the molecule is Cc1nn(Cc2cncc(Br)c2)c(C)c1C(=O)O. The van der Waals surface area contributed by atoms with Crippen LogP contribution in [0.25, 0.3) is 0 Å². The van der Waals surface area contributed by atoms with Crippen molar-refractivity contribution in [2.24, 2.45) is 0 Å². The van der Waals surface area contributed by atoms with Gasteiger partial charge in [0.15, 0.2) is 0 Å². The molecule has 0 saturated carbocycles. The fourth-order valence-corrected chi connectivity index (χ4v) is 2.29. The number of nitrogens with zero attached hydrogens (tertiary/aromatic N) is 3. The van der Waals surface area contributed by atoms with Gasteiger partial charge in [0.1, 0.15) is 5.56 Å². The van der Waals surface area contributed by atoms with Crippen LogP contribution in [-0.2, 0) is 6.54 Å². The maximum atomic E-state index is 11.1. The largest absolute Gasteiger partial charge is 0.478 e. The number of carboxylic acids is 1. The molecule has 0 spiro atoms. The van der Waals surface area contributed by atoms with Crippen LogP contribution in [0.15, 0.2) is 22.9 Å². The molecule has 0 amide bonds. The van der Waals surface area contributed by atoms with Gasteiger partial charge in [-0.05, 0) is 41.4 Å². The Bertz CT molecular complexity index is 607. The van der Waals surface area contributed by atoms with Crippen LogP contribution in [0.2, 0.25) is 0 Å². The summed E-state index contributed by atoms with van der Waals surface area (Å²) in [7, 11) is 0. The van der Waals surface area contributed by atoms with E-state index < -0.39 is 5.97 Å². The lowest BCUT2D eigenvalue weighted by Gasteiger charge is -2.04. The number of carboxylic acid groups (broad SMARTS) is 1. The van der Waals surface area contributed by atoms with Gasteiger partial charge in [0.25, 0.3) is 0 Å². The van der Waals surface area contributed by atoms with Crippen molar-refractivity contribution in [3.8, 4) is 0 Å². The highest BCUT2D eigenvalue weighted by Gasteiger charge is 2.17. The normalized spacial score (nSPS) is 10.6. The van der Waals surface area contributed by atoms with Crippen molar-refractivity contribution < 1.29 is 9.90 Å². The monoisotopic (exact) mass is 309 g/mol. The maximum Gasteiger partial charge on any atom is 0.339 e. The standard InChI is InChI=1S/C12H12BrN3O2/c1-7-11(12(17)18)8(2)16(15-7)6-9-3-10(13)5-14-4-9/h3-5H,6H2,1-2H3,(H,17,18). The molecule has 94 valence electrons. The van der Waals surface area contributed by atoms with E-state index >= 15 is 0 Å². The predicted octanol–water partition coefficient (Wildman–Crippen LogP) is 2.40. The molecule has 6 heteroatoms. The third-order valence-electron chi connectivity index (χ3n) is 2.69. The number of aryl methyl sites for hydroxylation is 1. The van der Waals surface area contributed by atoms with Crippen molar-refractivity contribution in [1.29, 1.82) is 0 Å². The van der Waals surface area contributed by atoms with Gasteiger partial charge in [0.2, 0.25) is 0 Å². The summed E-state index contributed by atoms with van der Waals surface area (Å²) < 4.78 is 2.57. The lowest BCUT2D eigenvalue weighted by atomic mass is 10.2. The number of hydrogen-bond acceptors (Lipinski definition) is 3. The number of rotatable bonds is 3. The highest BCUT2D eigenvalue weighted by molar-refractivity contribution is 9.10. The van der Waals surface area contributed by atoms with Crippen LogP contribution in [0.4, 0.5) is 0 Å². The van der Waals surface area contributed by atoms with E-state index in [-0.39, 0.29) is 5.56 Å². The van der Waals surface area contributed by atoms with Gasteiger partial charge in [-0.3, -0.25) is 9.67 Å². The Morgan fingerprint density at radius 1 is 1.44 bits per heavy atom. The summed E-state index contributed by atoms with van der Waals surface area (Å²) in [6.07, 6.45) is 3.44. The number of carbonyl (C=O) groups is 1. The zero-order valence-corrected chi connectivity index (χ0v) is 11.6. The first-order chi connectivity index (χ1) is 8.49. The van der Waals surface area contributed by atoms with Gasteiger partial charge in [-0.15, -0.1) is 0 Å². The molecule has 2 rings (SSSR count). The second-order valence-corrected chi connectivity index (χ2v) is 4.94. The van der Waals surface area contributed by atoms with Gasteiger partial charge in [-0.25, -0.2) is 4.79 Å². The summed E-state index contributed by atoms with van der Waals surface area (Å²) in [6, 6.07) is 1.93. The van der Waals surface area contributed by atoms with Crippen molar-refractivity contribution in [2.45, 2.75) is 20.4 Å². The molecule has 18 heavy (non-hydrogen) atoms. The molecule has 0 aliphatic rings. The third-order valence-corrected chi connectivity index (χ3v) is 3.12. The highest BCUT2D eigenvalue weighted by Crippen LogP contribution is 2.16. The minimum absolute atomic E-state index is 0.276. The quantitative estimate of drug-likeness (QED) is 0.945. The summed E-state index contributed by atoms with van der Waals surface area (Å²) >= 11 is 3.35. The molecule has 0 aliphatic carbocycles. The van der Waals surface area contributed by atoms with Gasteiger partial charge in [0, 0.05) is 16.9 Å². The van der Waals surface area contributed by atoms with Gasteiger partial charge in [-0.2, -0.15) is 5.10 Å². The van der Waals surface area contributed by atoms with Crippen molar-refractivity contribution in [3.63, 3.8) is 0 Å². The highest BCUT2D eigenvalue weighted by atomic mass is 79.9. The molecule has 0 radical (unpaired) electrons. The van der Waals surface area contributed by atoms with E-state index in [1.54, 1.807) is 30.9 Å². The van der Waals surface area contributed by atoms with Gasteiger partial charge >= 0.3 is 5.97 Å². The average Bonchev–Trinajstić information content (AvgIpc) is 2.54. The first-order valence-corrected chi connectivity index (χ1v) is 6.15. The first-order valence-electron chi connectivity index (χ1n) is 5.35. The molecule has 2 heterocycles. The van der Waals surface area contributed by atoms with Crippen LogP contribution < -0.4 is 0 Å². The van der Waals surface area contributed by atoms with E-state index in [1.165, 1.54) is 0 Å². The smallest absolute Gasteiger partial charge is 0.339 e. The summed E-state index contributed by atoms with van der Waals surface area (Å²) in [4.78, 5) is 15.2. The summed E-state index contributed by atoms with van der Waals surface area (Å²) in [5.41, 5.74) is 2.42. The van der Waals surface area contributed by atoms with E-state index in [1.807, 2.05) is 6.07 Å². The van der Waals surface area contributed by atoms with Crippen LogP contribution in [0.3, 0.4) is 0 Å². The topological polar surface area (TPSA) is 68.0 Å². The zero-order valence-electron chi connectivity index (χ0n) is 10.0. The van der Waals surface area contributed by atoms with Crippen molar-refractivity contribution in [2.75, 3.05) is 0 Å². The molecular weight excluding hydrogens is 298 g/mol. The Balaban J connectivity index is 2.36. The Labute approximate surface area is 113 Å². The molecule has 2 aromatic heterocycles. The third kappa shape index (κ3) is 2.43. The molecule has 0 aliphatic heterocycles. The Morgan fingerprint density at radius 2 is 2.17 bits per heavy atom. The molecule has 0 fully saturated rings. The van der Waals surface area contributed by atoms with Gasteiger partial charge in [0.05, 0.1) is 17.9 Å². The molecule has 0 bridgehead atoms. The van der Waals surface area contributed by atoms with Crippen LogP contribution >= 0.6 is 15.9 Å². The Kier molecular flexibility index (Phi) is 3.47. The summed E-state index contributed by atoms with van der Waals surface area (Å²) in [5, 5.41) is 13.3. The molecule has 5 nitrogen and oxygen atoms in total. The van der Waals surface area contributed by atoms with E-state index in [2.05, 4.69) is 26.0 Å². The van der Waals surface area contributed by atoms with Crippen LogP contribution in [0.5, 0.6) is 0 Å². The molecule has 2 aromatic rings. The van der Waals surface area contributed by atoms with E-state index in [9.17, 15) is 4.79 Å². The van der Waals surface area contributed by atoms with Gasteiger partial charge < -0.3 is 5.11 Å². The number of aromatic nitrogens is 3. The van der Waals surface area contributed by atoms with Crippen LogP contribution in [0, 0.1) is 13.8 Å². The summed E-state index contributed by atoms with van der Waals surface area (Å²) in [6.45, 7) is 3.97.